The zero-order valence-electron chi connectivity index (χ0n) is 17.7. The van der Waals surface area contributed by atoms with Crippen molar-refractivity contribution in [3.05, 3.63) is 52.8 Å². The first-order valence-electron chi connectivity index (χ1n) is 10.7. The Morgan fingerprint density at radius 1 is 1.34 bits per heavy atom. The number of pyridine rings is 1. The van der Waals surface area contributed by atoms with Crippen molar-refractivity contribution in [1.29, 1.82) is 0 Å². The number of benzene rings is 1. The van der Waals surface area contributed by atoms with E-state index in [1.807, 2.05) is 19.1 Å². The van der Waals surface area contributed by atoms with Gasteiger partial charge in [0, 0.05) is 30.4 Å². The Kier molecular flexibility index (Phi) is 5.62. The van der Waals surface area contributed by atoms with E-state index in [0.717, 1.165) is 58.5 Å². The summed E-state index contributed by atoms with van der Waals surface area (Å²) in [6.45, 7) is 4.17. The van der Waals surface area contributed by atoms with Gasteiger partial charge in [0.15, 0.2) is 0 Å². The van der Waals surface area contributed by atoms with Gasteiger partial charge in [0.05, 0.1) is 22.6 Å². The molecule has 1 amide bonds. The number of hydrogen-bond acceptors (Lipinski definition) is 8. The number of fused-ring (bicyclic) bond motifs is 2. The number of nitrogens with one attached hydrogen (secondary N) is 1. The maximum absolute atomic E-state index is 12.8. The number of anilines is 1. The van der Waals surface area contributed by atoms with E-state index in [1.54, 1.807) is 18.5 Å². The van der Waals surface area contributed by atoms with Crippen LogP contribution in [-0.2, 0) is 16.1 Å². The summed E-state index contributed by atoms with van der Waals surface area (Å²) >= 11 is 1.28. The SMILES string of the molecule is Cc1c(C(O)CN2CCC(C(=O)Nc3snc4ccncc34)CC2)ccc2c1COC2=O. The quantitative estimate of drug-likeness (QED) is 0.573. The standard InChI is InChI=1S/C23H24N4O4S/c1-13-15(2-3-16-18(13)12-31-23(16)30)20(28)11-27-8-5-14(6-9-27)21(29)25-22-17-10-24-7-4-19(17)26-32-22/h2-4,7,10,14,20,28H,5-6,8-9,11-12H2,1H3,(H,25,29). The Hall–Kier alpha value is -2.88. The van der Waals surface area contributed by atoms with Gasteiger partial charge in [-0.2, -0.15) is 4.37 Å². The molecule has 1 saturated heterocycles. The van der Waals surface area contributed by atoms with Crippen LogP contribution in [0.5, 0.6) is 0 Å². The molecule has 8 nitrogen and oxygen atoms in total. The summed E-state index contributed by atoms with van der Waals surface area (Å²) in [4.78, 5) is 30.8. The van der Waals surface area contributed by atoms with Crippen LogP contribution in [0.1, 0.15) is 46.0 Å². The lowest BCUT2D eigenvalue weighted by Crippen LogP contribution is -2.40. The van der Waals surface area contributed by atoms with E-state index in [4.69, 9.17) is 4.74 Å². The van der Waals surface area contributed by atoms with Crippen molar-refractivity contribution in [3.8, 4) is 0 Å². The number of carbonyl (C=O) groups is 2. The molecule has 166 valence electrons. The normalized spacial score (nSPS) is 17.9. The minimum Gasteiger partial charge on any atom is -0.457 e. The molecule has 2 aliphatic rings. The average Bonchev–Trinajstić information content (AvgIpc) is 3.38. The van der Waals surface area contributed by atoms with Crippen LogP contribution in [0.15, 0.2) is 30.6 Å². The Bertz CT molecular complexity index is 1190. The zero-order valence-corrected chi connectivity index (χ0v) is 18.5. The summed E-state index contributed by atoms with van der Waals surface area (Å²) in [5.41, 5.74) is 4.04. The highest BCUT2D eigenvalue weighted by atomic mass is 32.1. The molecule has 9 heteroatoms. The number of rotatable bonds is 5. The molecule has 4 heterocycles. The molecule has 0 radical (unpaired) electrons. The van der Waals surface area contributed by atoms with Gasteiger partial charge in [0.1, 0.15) is 11.6 Å². The molecule has 3 aromatic rings. The number of hydrogen-bond donors (Lipinski definition) is 2. The Labute approximate surface area is 189 Å². The van der Waals surface area contributed by atoms with Gasteiger partial charge in [-0.05, 0) is 67.6 Å². The van der Waals surface area contributed by atoms with E-state index in [9.17, 15) is 14.7 Å². The number of carbonyl (C=O) groups excluding carboxylic acids is 2. The minimum atomic E-state index is -0.655. The number of piperidine rings is 1. The predicted octanol–water partition coefficient (Wildman–Crippen LogP) is 3.05. The number of likely N-dealkylation sites (tertiary alicyclic amines) is 1. The Morgan fingerprint density at radius 2 is 2.16 bits per heavy atom. The van der Waals surface area contributed by atoms with Crippen molar-refractivity contribution in [1.82, 2.24) is 14.3 Å². The fraction of sp³-hybridized carbons (Fsp3) is 0.391. The van der Waals surface area contributed by atoms with Crippen LogP contribution < -0.4 is 5.32 Å². The van der Waals surface area contributed by atoms with Gasteiger partial charge in [-0.25, -0.2) is 4.79 Å². The molecule has 1 fully saturated rings. The number of cyclic esters (lactones) is 1. The van der Waals surface area contributed by atoms with Crippen molar-refractivity contribution < 1.29 is 19.4 Å². The van der Waals surface area contributed by atoms with Crippen LogP contribution in [0.4, 0.5) is 5.00 Å². The number of aliphatic hydroxyl groups excluding tert-OH is 1. The van der Waals surface area contributed by atoms with E-state index in [0.29, 0.717) is 12.1 Å². The van der Waals surface area contributed by atoms with Crippen LogP contribution in [0, 0.1) is 12.8 Å². The van der Waals surface area contributed by atoms with E-state index < -0.39 is 6.10 Å². The zero-order chi connectivity index (χ0) is 22.2. The van der Waals surface area contributed by atoms with E-state index in [2.05, 4.69) is 19.6 Å². The number of nitrogens with zero attached hydrogens (tertiary/aromatic N) is 3. The van der Waals surface area contributed by atoms with Crippen molar-refractivity contribution in [2.75, 3.05) is 25.0 Å². The summed E-state index contributed by atoms with van der Waals surface area (Å²) in [7, 11) is 0. The fourth-order valence-electron chi connectivity index (χ4n) is 4.54. The smallest absolute Gasteiger partial charge is 0.338 e. The lowest BCUT2D eigenvalue weighted by molar-refractivity contribution is -0.121. The number of ether oxygens (including phenoxy) is 1. The van der Waals surface area contributed by atoms with Crippen molar-refractivity contribution in [2.24, 2.45) is 5.92 Å². The summed E-state index contributed by atoms with van der Waals surface area (Å²) in [6, 6.07) is 5.39. The molecule has 2 N–H and O–H groups in total. The van der Waals surface area contributed by atoms with Crippen LogP contribution in [0.3, 0.4) is 0 Å². The molecule has 32 heavy (non-hydrogen) atoms. The molecule has 0 spiro atoms. The first kappa shape index (κ1) is 21.0. The molecule has 1 atom stereocenters. The molecular formula is C23H24N4O4S. The third-order valence-electron chi connectivity index (χ3n) is 6.47. The molecule has 2 aromatic heterocycles. The highest BCUT2D eigenvalue weighted by molar-refractivity contribution is 7.12. The van der Waals surface area contributed by atoms with E-state index in [-0.39, 0.29) is 24.4 Å². The fourth-order valence-corrected chi connectivity index (χ4v) is 5.29. The molecule has 5 rings (SSSR count). The molecule has 1 aromatic carbocycles. The second-order valence-electron chi connectivity index (χ2n) is 8.37. The van der Waals surface area contributed by atoms with Gasteiger partial charge in [0.25, 0.3) is 0 Å². The van der Waals surface area contributed by atoms with Gasteiger partial charge >= 0.3 is 5.97 Å². The van der Waals surface area contributed by atoms with Crippen molar-refractivity contribution in [2.45, 2.75) is 32.5 Å². The molecule has 1 unspecified atom stereocenters. The van der Waals surface area contributed by atoms with E-state index in [1.165, 1.54) is 11.5 Å². The second kappa shape index (κ2) is 8.57. The van der Waals surface area contributed by atoms with Gasteiger partial charge < -0.3 is 20.1 Å². The summed E-state index contributed by atoms with van der Waals surface area (Å²) < 4.78 is 9.46. The van der Waals surface area contributed by atoms with Gasteiger partial charge in [-0.3, -0.25) is 9.78 Å². The number of aromatic nitrogens is 2. The topological polar surface area (TPSA) is 105 Å². The maximum Gasteiger partial charge on any atom is 0.338 e. The van der Waals surface area contributed by atoms with Crippen LogP contribution in [0.25, 0.3) is 10.9 Å². The number of esters is 1. The first-order chi connectivity index (χ1) is 15.5. The lowest BCUT2D eigenvalue weighted by atomic mass is 9.93. The third kappa shape index (κ3) is 3.87. The van der Waals surface area contributed by atoms with Crippen LogP contribution >= 0.6 is 11.5 Å². The highest BCUT2D eigenvalue weighted by Gasteiger charge is 2.29. The second-order valence-corrected chi connectivity index (χ2v) is 9.14. The molecular weight excluding hydrogens is 428 g/mol. The summed E-state index contributed by atoms with van der Waals surface area (Å²) in [5, 5.41) is 15.5. The molecule has 2 aliphatic heterocycles. The van der Waals surface area contributed by atoms with E-state index >= 15 is 0 Å². The Morgan fingerprint density at radius 3 is 2.97 bits per heavy atom. The average molecular weight is 453 g/mol. The predicted molar refractivity (Wildman–Crippen MR) is 120 cm³/mol. The summed E-state index contributed by atoms with van der Waals surface area (Å²) in [6.07, 6.45) is 4.23. The Balaban J connectivity index is 1.17. The van der Waals surface area contributed by atoms with Crippen LogP contribution in [0.2, 0.25) is 0 Å². The van der Waals surface area contributed by atoms with Crippen molar-refractivity contribution in [3.63, 3.8) is 0 Å². The minimum absolute atomic E-state index is 0.0127. The molecule has 0 bridgehead atoms. The molecule has 0 saturated carbocycles. The highest BCUT2D eigenvalue weighted by Crippen LogP contribution is 2.31. The monoisotopic (exact) mass is 452 g/mol. The van der Waals surface area contributed by atoms with Crippen LogP contribution in [-0.4, -0.2) is 50.9 Å². The lowest BCUT2D eigenvalue weighted by Gasteiger charge is -2.32. The maximum atomic E-state index is 12.8. The van der Waals surface area contributed by atoms with Crippen molar-refractivity contribution >= 4 is 39.3 Å². The largest absolute Gasteiger partial charge is 0.457 e. The van der Waals surface area contributed by atoms with Gasteiger partial charge in [-0.15, -0.1) is 0 Å². The molecule has 0 aliphatic carbocycles. The van der Waals surface area contributed by atoms with Gasteiger partial charge in [0.2, 0.25) is 5.91 Å². The number of aliphatic hydroxyl groups is 1. The first-order valence-corrected chi connectivity index (χ1v) is 11.5. The number of β-amino-alcohol motifs (C(OH)–C–C–N with tert-alkyl or cyclic N) is 1. The number of amides is 1. The summed E-state index contributed by atoms with van der Waals surface area (Å²) in [5.74, 6) is -0.354. The van der Waals surface area contributed by atoms with Gasteiger partial charge in [-0.1, -0.05) is 6.07 Å². The third-order valence-corrected chi connectivity index (χ3v) is 7.26.